The van der Waals surface area contributed by atoms with E-state index in [1.165, 1.54) is 4.90 Å². The first kappa shape index (κ1) is 20.1. The summed E-state index contributed by atoms with van der Waals surface area (Å²) in [5.74, 6) is -0.566. The number of likely N-dealkylation sites (tertiary alicyclic amines) is 1. The van der Waals surface area contributed by atoms with Crippen LogP contribution in [-0.4, -0.2) is 35.1 Å². The van der Waals surface area contributed by atoms with E-state index in [9.17, 15) is 9.59 Å². The van der Waals surface area contributed by atoms with Gasteiger partial charge in [-0.05, 0) is 50.3 Å². The van der Waals surface area contributed by atoms with Gasteiger partial charge in [0.05, 0.1) is 5.92 Å². The van der Waals surface area contributed by atoms with Crippen LogP contribution >= 0.6 is 0 Å². The Morgan fingerprint density at radius 1 is 1.07 bits per heavy atom. The molecule has 0 radical (unpaired) electrons. The smallest absolute Gasteiger partial charge is 0.417 e. The van der Waals surface area contributed by atoms with E-state index < -0.39 is 11.7 Å². The van der Waals surface area contributed by atoms with E-state index in [1.807, 2.05) is 18.2 Å². The first-order valence-corrected chi connectivity index (χ1v) is 9.69. The van der Waals surface area contributed by atoms with Crippen molar-refractivity contribution >= 4 is 12.0 Å². The molecule has 1 heterocycles. The van der Waals surface area contributed by atoms with Crippen molar-refractivity contribution in [1.82, 2.24) is 4.90 Å². The maximum Gasteiger partial charge on any atom is 0.417 e. The number of hydrogen-bond acceptors (Lipinski definition) is 4. The summed E-state index contributed by atoms with van der Waals surface area (Å²) < 4.78 is 5.46. The fourth-order valence-corrected chi connectivity index (χ4v) is 3.57. The SMILES string of the molecule is CC(C)(C)OC(=O)N1C(=O)C(CN)C[C@H]1Cc1ccc(-c2ccccc2)cc1. The maximum absolute atomic E-state index is 12.6. The molecule has 3 rings (SSSR count). The first-order valence-electron chi connectivity index (χ1n) is 9.69. The molecule has 1 fully saturated rings. The maximum atomic E-state index is 12.6. The van der Waals surface area contributed by atoms with E-state index in [4.69, 9.17) is 10.5 Å². The molecule has 2 N–H and O–H groups in total. The minimum atomic E-state index is -0.653. The van der Waals surface area contributed by atoms with Gasteiger partial charge >= 0.3 is 6.09 Å². The number of nitrogens with two attached hydrogens (primary N) is 1. The third kappa shape index (κ3) is 4.60. The number of imide groups is 1. The van der Waals surface area contributed by atoms with Gasteiger partial charge in [0.15, 0.2) is 0 Å². The molecule has 0 saturated carbocycles. The van der Waals surface area contributed by atoms with Gasteiger partial charge in [-0.3, -0.25) is 4.79 Å². The lowest BCUT2D eigenvalue weighted by Crippen LogP contribution is -2.43. The van der Waals surface area contributed by atoms with E-state index in [-0.39, 0.29) is 24.4 Å². The summed E-state index contributed by atoms with van der Waals surface area (Å²) in [7, 11) is 0. The Morgan fingerprint density at radius 3 is 2.25 bits per heavy atom. The first-order chi connectivity index (χ1) is 13.3. The quantitative estimate of drug-likeness (QED) is 0.870. The molecule has 0 bridgehead atoms. The van der Waals surface area contributed by atoms with Gasteiger partial charge in [0.1, 0.15) is 5.60 Å². The zero-order valence-corrected chi connectivity index (χ0v) is 16.7. The average molecular weight is 380 g/mol. The Kier molecular flexibility index (Phi) is 5.84. The molecule has 148 valence electrons. The Labute approximate surface area is 166 Å². The second-order valence-corrected chi connectivity index (χ2v) is 8.28. The molecule has 1 aliphatic rings. The standard InChI is InChI=1S/C23H28N2O3/c1-23(2,3)28-22(27)25-20(14-19(15-24)21(25)26)13-16-9-11-18(12-10-16)17-7-5-4-6-8-17/h4-12,19-20H,13-15,24H2,1-3H3/t19?,20-/m1/s1. The Hall–Kier alpha value is -2.66. The summed E-state index contributed by atoms with van der Waals surface area (Å²) in [6.45, 7) is 5.62. The Balaban J connectivity index is 1.77. The van der Waals surface area contributed by atoms with Crippen LogP contribution in [0.15, 0.2) is 54.6 Å². The molecule has 1 aliphatic heterocycles. The molecule has 0 spiro atoms. The van der Waals surface area contributed by atoms with Crippen LogP contribution in [-0.2, 0) is 16.0 Å². The van der Waals surface area contributed by atoms with Crippen LogP contribution in [0.1, 0.15) is 32.8 Å². The molecule has 5 heteroatoms. The van der Waals surface area contributed by atoms with E-state index in [0.29, 0.717) is 12.8 Å². The highest BCUT2D eigenvalue weighted by atomic mass is 16.6. The third-order valence-electron chi connectivity index (χ3n) is 4.92. The molecule has 2 amide bonds. The molecule has 1 unspecified atom stereocenters. The van der Waals surface area contributed by atoms with Gasteiger partial charge in [0, 0.05) is 12.6 Å². The highest BCUT2D eigenvalue weighted by molar-refractivity contribution is 5.95. The number of carbonyl (C=O) groups is 2. The van der Waals surface area contributed by atoms with Crippen LogP contribution in [0.3, 0.4) is 0 Å². The van der Waals surface area contributed by atoms with Crippen LogP contribution in [0.5, 0.6) is 0 Å². The number of ether oxygens (including phenoxy) is 1. The minimum Gasteiger partial charge on any atom is -0.443 e. The number of benzene rings is 2. The molecular formula is C23H28N2O3. The number of nitrogens with zero attached hydrogens (tertiary/aromatic N) is 1. The molecule has 28 heavy (non-hydrogen) atoms. The van der Waals surface area contributed by atoms with Crippen LogP contribution < -0.4 is 5.73 Å². The number of rotatable bonds is 4. The molecular weight excluding hydrogens is 352 g/mol. The monoisotopic (exact) mass is 380 g/mol. The van der Waals surface area contributed by atoms with Crippen LogP contribution in [0.4, 0.5) is 4.79 Å². The van der Waals surface area contributed by atoms with Gasteiger partial charge < -0.3 is 10.5 Å². The van der Waals surface area contributed by atoms with Crippen LogP contribution in [0.2, 0.25) is 0 Å². The second-order valence-electron chi connectivity index (χ2n) is 8.28. The fraction of sp³-hybridized carbons (Fsp3) is 0.391. The van der Waals surface area contributed by atoms with Crippen LogP contribution in [0.25, 0.3) is 11.1 Å². The van der Waals surface area contributed by atoms with Gasteiger partial charge in [-0.2, -0.15) is 0 Å². The second kappa shape index (κ2) is 8.15. The fourth-order valence-electron chi connectivity index (χ4n) is 3.57. The molecule has 1 saturated heterocycles. The molecule has 0 aliphatic carbocycles. The number of amides is 2. The Morgan fingerprint density at radius 2 is 1.68 bits per heavy atom. The average Bonchev–Trinajstić information content (AvgIpc) is 2.97. The Bertz CT molecular complexity index is 825. The predicted molar refractivity (Wildman–Crippen MR) is 110 cm³/mol. The zero-order valence-electron chi connectivity index (χ0n) is 16.7. The van der Waals surface area contributed by atoms with E-state index >= 15 is 0 Å². The molecule has 2 aromatic carbocycles. The third-order valence-corrected chi connectivity index (χ3v) is 4.92. The van der Waals surface area contributed by atoms with Gasteiger partial charge in [-0.1, -0.05) is 54.6 Å². The molecule has 0 aromatic heterocycles. The molecule has 5 nitrogen and oxygen atoms in total. The summed E-state index contributed by atoms with van der Waals surface area (Å²) >= 11 is 0. The number of carbonyl (C=O) groups excluding carboxylic acids is 2. The molecule has 2 aromatic rings. The highest BCUT2D eigenvalue weighted by Gasteiger charge is 2.44. The van der Waals surface area contributed by atoms with Gasteiger partial charge in [0.2, 0.25) is 5.91 Å². The lowest BCUT2D eigenvalue weighted by atomic mass is 9.97. The predicted octanol–water partition coefficient (Wildman–Crippen LogP) is 4.01. The summed E-state index contributed by atoms with van der Waals surface area (Å²) in [5, 5.41) is 0. The summed E-state index contributed by atoms with van der Waals surface area (Å²) in [6, 6.07) is 18.2. The normalized spacial score (nSPS) is 19.7. The van der Waals surface area contributed by atoms with Crippen molar-refractivity contribution in [1.29, 1.82) is 0 Å². The summed E-state index contributed by atoms with van der Waals surface area (Å²) in [4.78, 5) is 26.5. The largest absolute Gasteiger partial charge is 0.443 e. The highest BCUT2D eigenvalue weighted by Crippen LogP contribution is 2.29. The van der Waals surface area contributed by atoms with Gasteiger partial charge in [-0.25, -0.2) is 9.69 Å². The van der Waals surface area contributed by atoms with Crippen molar-refractivity contribution in [2.45, 2.75) is 45.3 Å². The van der Waals surface area contributed by atoms with E-state index in [0.717, 1.165) is 16.7 Å². The van der Waals surface area contributed by atoms with Crippen molar-refractivity contribution < 1.29 is 14.3 Å². The minimum absolute atomic E-state index is 0.234. The van der Waals surface area contributed by atoms with Crippen molar-refractivity contribution in [3.8, 4) is 11.1 Å². The van der Waals surface area contributed by atoms with E-state index in [1.54, 1.807) is 20.8 Å². The van der Waals surface area contributed by atoms with Gasteiger partial charge in [-0.15, -0.1) is 0 Å². The topological polar surface area (TPSA) is 72.6 Å². The van der Waals surface area contributed by atoms with Crippen molar-refractivity contribution in [3.05, 3.63) is 60.2 Å². The lowest BCUT2D eigenvalue weighted by Gasteiger charge is -2.27. The lowest BCUT2D eigenvalue weighted by molar-refractivity contribution is -0.130. The van der Waals surface area contributed by atoms with Crippen molar-refractivity contribution in [2.75, 3.05) is 6.54 Å². The molecule has 2 atom stereocenters. The van der Waals surface area contributed by atoms with Crippen LogP contribution in [0, 0.1) is 5.92 Å². The summed E-state index contributed by atoms with van der Waals surface area (Å²) in [6.07, 6.45) is 0.574. The van der Waals surface area contributed by atoms with Gasteiger partial charge in [0.25, 0.3) is 0 Å². The van der Waals surface area contributed by atoms with Crippen molar-refractivity contribution in [3.63, 3.8) is 0 Å². The van der Waals surface area contributed by atoms with Crippen molar-refractivity contribution in [2.24, 2.45) is 11.7 Å². The number of hydrogen-bond donors (Lipinski definition) is 1. The zero-order chi connectivity index (χ0) is 20.3. The van der Waals surface area contributed by atoms with E-state index in [2.05, 4.69) is 36.4 Å². The summed E-state index contributed by atoms with van der Waals surface area (Å²) in [5.41, 5.74) is 8.47.